The molecule has 0 spiro atoms. The minimum absolute atomic E-state index is 0.444. The van der Waals surface area contributed by atoms with E-state index < -0.39 is 7.49 Å². The van der Waals surface area contributed by atoms with Gasteiger partial charge >= 0.3 is 0 Å². The first kappa shape index (κ1) is 12.2. The van der Waals surface area contributed by atoms with E-state index in [1.54, 1.807) is 6.08 Å². The molecule has 0 rings (SSSR count). The second kappa shape index (κ2) is 6.70. The van der Waals surface area contributed by atoms with Crippen LogP contribution in [0.4, 0.5) is 0 Å². The third-order valence-corrected chi connectivity index (χ3v) is 4.29. The van der Waals surface area contributed by atoms with Crippen molar-refractivity contribution in [2.75, 3.05) is 18.5 Å². The van der Waals surface area contributed by atoms with E-state index >= 15 is 0 Å². The molecule has 3 N–H and O–H groups in total. The lowest BCUT2D eigenvalue weighted by Crippen LogP contribution is -2.03. The second-order valence-electron chi connectivity index (χ2n) is 2.70. The predicted octanol–water partition coefficient (Wildman–Crippen LogP) is 2.24. The van der Waals surface area contributed by atoms with Crippen LogP contribution in [0.5, 0.6) is 0 Å². The van der Waals surface area contributed by atoms with Crippen LogP contribution in [0.2, 0.25) is 0 Å². The van der Waals surface area contributed by atoms with Crippen molar-refractivity contribution in [3.05, 3.63) is 37.3 Å². The normalized spacial score (nSPS) is 16.4. The van der Waals surface area contributed by atoms with Gasteiger partial charge in [0.05, 0.1) is 12.5 Å². The average Bonchev–Trinajstić information content (AvgIpc) is 2.12. The fraction of sp³-hybridized carbons (Fsp3) is 0.333. The van der Waals surface area contributed by atoms with Gasteiger partial charge in [0, 0.05) is 0 Å². The Morgan fingerprint density at radius 2 is 1.46 bits per heavy atom. The van der Waals surface area contributed by atoms with Gasteiger partial charge in [-0.25, -0.2) is 0 Å². The average molecular weight is 203 g/mol. The largest absolute Gasteiger partial charge is 0.516 e. The van der Waals surface area contributed by atoms with E-state index in [2.05, 4.69) is 6.58 Å². The van der Waals surface area contributed by atoms with Crippen LogP contribution in [-0.4, -0.2) is 33.6 Å². The van der Waals surface area contributed by atoms with Gasteiger partial charge in [-0.1, -0.05) is 12.7 Å². The zero-order chi connectivity index (χ0) is 10.2. The van der Waals surface area contributed by atoms with Gasteiger partial charge in [-0.3, -0.25) is 4.89 Å². The molecule has 0 aromatic rings. The van der Waals surface area contributed by atoms with Crippen molar-refractivity contribution in [2.24, 2.45) is 0 Å². The molecule has 0 saturated carbocycles. The molecule has 74 valence electrons. The van der Waals surface area contributed by atoms with Crippen molar-refractivity contribution in [2.45, 2.75) is 0 Å². The summed E-state index contributed by atoms with van der Waals surface area (Å²) >= 11 is 0. The maximum atomic E-state index is 9.99. The Morgan fingerprint density at radius 3 is 1.77 bits per heavy atom. The molecule has 0 aliphatic rings. The third-order valence-electron chi connectivity index (χ3n) is 1.57. The lowest BCUT2D eigenvalue weighted by molar-refractivity contribution is 0.472. The van der Waals surface area contributed by atoms with Crippen molar-refractivity contribution < 1.29 is 15.1 Å². The number of rotatable bonds is 6. The van der Waals surface area contributed by atoms with E-state index in [9.17, 15) is 4.89 Å². The Hall–Kier alpha value is -0.790. The maximum Gasteiger partial charge on any atom is 0.153 e. The van der Waals surface area contributed by atoms with E-state index in [4.69, 9.17) is 10.2 Å². The van der Waals surface area contributed by atoms with E-state index in [1.165, 1.54) is 12.2 Å². The minimum atomic E-state index is -2.11. The fourth-order valence-corrected chi connectivity index (χ4v) is 2.85. The maximum absolute atomic E-state index is 9.99. The van der Waals surface area contributed by atoms with E-state index in [0.717, 1.165) is 12.5 Å². The Bertz CT molecular complexity index is 185. The summed E-state index contributed by atoms with van der Waals surface area (Å²) in [5.74, 6) is 0. The summed E-state index contributed by atoms with van der Waals surface area (Å²) in [4.78, 5) is 9.99. The molecule has 4 heteroatoms. The molecule has 0 fully saturated rings. The van der Waals surface area contributed by atoms with Crippen LogP contribution >= 0.6 is 7.49 Å². The van der Waals surface area contributed by atoms with Gasteiger partial charge in [0.15, 0.2) is 7.49 Å². The molecule has 3 nitrogen and oxygen atoms in total. The Kier molecular flexibility index (Phi) is 6.29. The summed E-state index contributed by atoms with van der Waals surface area (Å²) in [6, 6.07) is 0. The van der Waals surface area contributed by atoms with E-state index in [0.29, 0.717) is 18.5 Å². The highest BCUT2D eigenvalue weighted by Gasteiger charge is 2.30. The SMILES string of the molecule is C=CC[P+](O)(CC=CO)CC=CO. The van der Waals surface area contributed by atoms with Crippen LogP contribution < -0.4 is 0 Å². The van der Waals surface area contributed by atoms with Crippen LogP contribution in [0.3, 0.4) is 0 Å². The molecule has 0 unspecified atom stereocenters. The van der Waals surface area contributed by atoms with Crippen molar-refractivity contribution in [3.63, 3.8) is 0 Å². The predicted molar refractivity (Wildman–Crippen MR) is 57.5 cm³/mol. The molecular weight excluding hydrogens is 187 g/mol. The summed E-state index contributed by atoms with van der Waals surface area (Å²) in [7, 11) is -2.11. The quantitative estimate of drug-likeness (QED) is 0.352. The number of aliphatic hydroxyl groups is 2. The van der Waals surface area contributed by atoms with Crippen molar-refractivity contribution in [3.8, 4) is 0 Å². The molecule has 0 aromatic carbocycles. The first-order chi connectivity index (χ1) is 6.18. The Labute approximate surface area is 79.1 Å². The minimum Gasteiger partial charge on any atom is -0.516 e. The van der Waals surface area contributed by atoms with Gasteiger partial charge in [0.1, 0.15) is 18.5 Å². The molecule has 0 amide bonds. The molecule has 13 heavy (non-hydrogen) atoms. The summed E-state index contributed by atoms with van der Waals surface area (Å²) < 4.78 is 0. The van der Waals surface area contributed by atoms with Crippen LogP contribution in [-0.2, 0) is 0 Å². The Morgan fingerprint density at radius 1 is 1.00 bits per heavy atom. The number of aliphatic hydroxyl groups excluding tert-OH is 2. The van der Waals surface area contributed by atoms with Crippen molar-refractivity contribution >= 4 is 7.49 Å². The highest BCUT2D eigenvalue weighted by Crippen LogP contribution is 2.54. The summed E-state index contributed by atoms with van der Waals surface area (Å²) in [5, 5.41) is 16.9. The molecular formula is C9H16O3P+. The zero-order valence-electron chi connectivity index (χ0n) is 7.50. The number of hydrogen-bond donors (Lipinski definition) is 3. The lowest BCUT2D eigenvalue weighted by Gasteiger charge is -2.14. The summed E-state index contributed by atoms with van der Waals surface area (Å²) in [6.45, 7) is 3.56. The van der Waals surface area contributed by atoms with Gasteiger partial charge in [0.2, 0.25) is 0 Å². The molecule has 0 atom stereocenters. The van der Waals surface area contributed by atoms with Crippen LogP contribution in [0.15, 0.2) is 37.3 Å². The van der Waals surface area contributed by atoms with Crippen molar-refractivity contribution in [1.29, 1.82) is 0 Å². The number of hydrogen-bond acceptors (Lipinski definition) is 3. The topological polar surface area (TPSA) is 60.7 Å². The Balaban J connectivity index is 4.22. The zero-order valence-corrected chi connectivity index (χ0v) is 8.40. The molecule has 0 aromatic heterocycles. The van der Waals surface area contributed by atoms with E-state index in [-0.39, 0.29) is 0 Å². The van der Waals surface area contributed by atoms with Crippen LogP contribution in [0, 0.1) is 0 Å². The van der Waals surface area contributed by atoms with E-state index in [1.807, 2.05) is 0 Å². The van der Waals surface area contributed by atoms with Crippen LogP contribution in [0.1, 0.15) is 0 Å². The monoisotopic (exact) mass is 203 g/mol. The highest BCUT2D eigenvalue weighted by molar-refractivity contribution is 7.70. The lowest BCUT2D eigenvalue weighted by atomic mass is 10.7. The van der Waals surface area contributed by atoms with Gasteiger partial charge < -0.3 is 10.2 Å². The van der Waals surface area contributed by atoms with Gasteiger partial charge in [-0.15, -0.1) is 0 Å². The second-order valence-corrected chi connectivity index (χ2v) is 5.99. The van der Waals surface area contributed by atoms with Gasteiger partial charge in [-0.2, -0.15) is 0 Å². The van der Waals surface area contributed by atoms with Gasteiger partial charge in [0.25, 0.3) is 0 Å². The first-order valence-corrected chi connectivity index (χ1v) is 6.26. The van der Waals surface area contributed by atoms with Crippen molar-refractivity contribution in [1.82, 2.24) is 0 Å². The molecule has 0 saturated heterocycles. The summed E-state index contributed by atoms with van der Waals surface area (Å²) in [5.41, 5.74) is 0. The first-order valence-electron chi connectivity index (χ1n) is 3.96. The summed E-state index contributed by atoms with van der Waals surface area (Å²) in [6.07, 6.45) is 7.96. The standard InChI is InChI=1S/C9H15O3P/c1-2-7-13(12,8-3-5-10)9-4-6-11/h2-6,12H,1,7-9H2,(H-,10,11)/p+1. The van der Waals surface area contributed by atoms with Gasteiger partial charge in [-0.05, 0) is 12.2 Å². The fourth-order valence-electron chi connectivity index (χ4n) is 0.951. The molecule has 0 bridgehead atoms. The number of allylic oxidation sites excluding steroid dienone is 3. The molecule has 0 radical (unpaired) electrons. The molecule has 0 aliphatic heterocycles. The molecule has 0 heterocycles. The highest BCUT2D eigenvalue weighted by atomic mass is 31.2. The molecule has 0 aliphatic carbocycles. The van der Waals surface area contributed by atoms with Crippen LogP contribution in [0.25, 0.3) is 0 Å². The third kappa shape index (κ3) is 5.45. The smallest absolute Gasteiger partial charge is 0.153 e.